The largest absolute Gasteiger partial charge is 0.493 e. The molecule has 0 fully saturated rings. The van der Waals surface area contributed by atoms with Gasteiger partial charge in [0.25, 0.3) is 0 Å². The van der Waals surface area contributed by atoms with Crippen molar-refractivity contribution in [3.05, 3.63) is 70.1 Å². The summed E-state index contributed by atoms with van der Waals surface area (Å²) in [6.45, 7) is 2.28. The fraction of sp³-hybridized carbons (Fsp3) is 0.286. The molecule has 0 aliphatic carbocycles. The SMILES string of the molecule is COc1ccc(C(=O)C(C)Sc2n[nH]c(=O)n2CCc2ccccc2)cc1OC. The summed E-state index contributed by atoms with van der Waals surface area (Å²) in [5.41, 5.74) is 1.36. The van der Waals surface area contributed by atoms with E-state index in [1.807, 2.05) is 30.3 Å². The van der Waals surface area contributed by atoms with Crippen LogP contribution in [0.15, 0.2) is 58.5 Å². The first kappa shape index (κ1) is 20.7. The minimum absolute atomic E-state index is 0.0824. The molecule has 2 aromatic carbocycles. The average molecular weight is 413 g/mol. The number of aromatic amines is 1. The number of benzene rings is 2. The lowest BCUT2D eigenvalue weighted by molar-refractivity contribution is 0.0993. The Kier molecular flexibility index (Phi) is 6.77. The normalized spacial score (nSPS) is 11.8. The molecule has 3 rings (SSSR count). The molecule has 7 nitrogen and oxygen atoms in total. The van der Waals surface area contributed by atoms with Crippen LogP contribution in [0, 0.1) is 0 Å². The summed E-state index contributed by atoms with van der Waals surface area (Å²) in [4.78, 5) is 25.0. The highest BCUT2D eigenvalue weighted by Crippen LogP contribution is 2.30. The molecule has 1 unspecified atom stereocenters. The fourth-order valence-corrected chi connectivity index (χ4v) is 3.87. The minimum atomic E-state index is -0.432. The molecule has 152 valence electrons. The van der Waals surface area contributed by atoms with Gasteiger partial charge in [-0.05, 0) is 37.1 Å². The van der Waals surface area contributed by atoms with E-state index < -0.39 is 5.25 Å². The van der Waals surface area contributed by atoms with E-state index in [1.165, 1.54) is 18.9 Å². The molecule has 29 heavy (non-hydrogen) atoms. The number of H-pyrrole nitrogens is 1. The van der Waals surface area contributed by atoms with E-state index in [0.29, 0.717) is 35.2 Å². The Morgan fingerprint density at radius 1 is 1.14 bits per heavy atom. The summed E-state index contributed by atoms with van der Waals surface area (Å²) in [6, 6.07) is 15.0. The Labute approximate surface area is 173 Å². The quantitative estimate of drug-likeness (QED) is 0.428. The van der Waals surface area contributed by atoms with Crippen LogP contribution in [-0.2, 0) is 13.0 Å². The summed E-state index contributed by atoms with van der Waals surface area (Å²) in [5.74, 6) is 0.975. The van der Waals surface area contributed by atoms with Gasteiger partial charge in [-0.1, -0.05) is 42.1 Å². The van der Waals surface area contributed by atoms with Gasteiger partial charge in [-0.15, -0.1) is 5.10 Å². The first-order valence-electron chi connectivity index (χ1n) is 9.15. The van der Waals surface area contributed by atoms with E-state index in [1.54, 1.807) is 36.8 Å². The lowest BCUT2D eigenvalue weighted by Crippen LogP contribution is -2.20. The number of carbonyl (C=O) groups is 1. The number of thioether (sulfide) groups is 1. The zero-order chi connectivity index (χ0) is 20.8. The Balaban J connectivity index is 1.73. The number of aromatic nitrogens is 3. The summed E-state index contributed by atoms with van der Waals surface area (Å²) < 4.78 is 12.1. The van der Waals surface area contributed by atoms with Crippen molar-refractivity contribution >= 4 is 17.5 Å². The van der Waals surface area contributed by atoms with Crippen LogP contribution in [0.5, 0.6) is 11.5 Å². The van der Waals surface area contributed by atoms with Crippen LogP contribution in [0.25, 0.3) is 0 Å². The zero-order valence-electron chi connectivity index (χ0n) is 16.5. The van der Waals surface area contributed by atoms with E-state index in [-0.39, 0.29) is 11.5 Å². The molecule has 8 heteroatoms. The number of carbonyl (C=O) groups excluding carboxylic acids is 1. The molecule has 0 spiro atoms. The van der Waals surface area contributed by atoms with E-state index in [4.69, 9.17) is 9.47 Å². The van der Waals surface area contributed by atoms with E-state index >= 15 is 0 Å². The number of aryl methyl sites for hydroxylation is 1. The standard InChI is InChI=1S/C21H23N3O4S/c1-14(19(25)16-9-10-17(27-2)18(13-16)28-3)29-21-23-22-20(26)24(21)12-11-15-7-5-4-6-8-15/h4-10,13-14H,11-12H2,1-3H3,(H,22,26). The highest BCUT2D eigenvalue weighted by atomic mass is 32.2. The maximum absolute atomic E-state index is 12.9. The third-order valence-electron chi connectivity index (χ3n) is 4.51. The molecular weight excluding hydrogens is 390 g/mol. The topological polar surface area (TPSA) is 86.2 Å². The van der Waals surface area contributed by atoms with Crippen LogP contribution in [0.2, 0.25) is 0 Å². The van der Waals surface area contributed by atoms with Gasteiger partial charge in [0.15, 0.2) is 22.4 Å². The lowest BCUT2D eigenvalue weighted by Gasteiger charge is -2.13. The molecule has 0 aliphatic rings. The number of ether oxygens (including phenoxy) is 2. The van der Waals surface area contributed by atoms with Crippen LogP contribution in [0.4, 0.5) is 0 Å². The number of hydrogen-bond acceptors (Lipinski definition) is 6. The Morgan fingerprint density at radius 2 is 1.86 bits per heavy atom. The molecule has 0 bridgehead atoms. The average Bonchev–Trinajstić information content (AvgIpc) is 3.10. The van der Waals surface area contributed by atoms with Crippen LogP contribution in [0.3, 0.4) is 0 Å². The van der Waals surface area contributed by atoms with Gasteiger partial charge in [0.05, 0.1) is 19.5 Å². The van der Waals surface area contributed by atoms with Gasteiger partial charge in [-0.2, -0.15) is 0 Å². The first-order chi connectivity index (χ1) is 14.0. The van der Waals surface area contributed by atoms with E-state index in [9.17, 15) is 9.59 Å². The van der Waals surface area contributed by atoms with Gasteiger partial charge < -0.3 is 9.47 Å². The van der Waals surface area contributed by atoms with Crippen molar-refractivity contribution < 1.29 is 14.3 Å². The maximum atomic E-state index is 12.9. The summed E-state index contributed by atoms with van der Waals surface area (Å²) in [6.07, 6.45) is 0.700. The van der Waals surface area contributed by atoms with Crippen molar-refractivity contribution in [2.45, 2.75) is 30.3 Å². The van der Waals surface area contributed by atoms with Crippen LogP contribution >= 0.6 is 11.8 Å². The predicted molar refractivity (Wildman–Crippen MR) is 112 cm³/mol. The molecule has 0 saturated carbocycles. The second-order valence-corrected chi connectivity index (χ2v) is 7.70. The lowest BCUT2D eigenvalue weighted by atomic mass is 10.1. The Bertz CT molecular complexity index is 1030. The smallest absolute Gasteiger partial charge is 0.343 e. The fourth-order valence-electron chi connectivity index (χ4n) is 2.91. The summed E-state index contributed by atoms with van der Waals surface area (Å²) in [7, 11) is 3.07. The molecule has 1 aromatic heterocycles. The van der Waals surface area contributed by atoms with Gasteiger partial charge in [0.2, 0.25) is 0 Å². The molecule has 1 heterocycles. The maximum Gasteiger partial charge on any atom is 0.343 e. The molecule has 3 aromatic rings. The van der Waals surface area contributed by atoms with Gasteiger partial charge in [0.1, 0.15) is 0 Å². The third-order valence-corrected chi connectivity index (χ3v) is 5.60. The summed E-state index contributed by atoms with van der Waals surface area (Å²) in [5, 5.41) is 6.64. The van der Waals surface area contributed by atoms with Crippen molar-refractivity contribution in [2.75, 3.05) is 14.2 Å². The zero-order valence-corrected chi connectivity index (χ0v) is 17.4. The highest BCUT2D eigenvalue weighted by molar-refractivity contribution is 8.00. The monoisotopic (exact) mass is 413 g/mol. The van der Waals surface area contributed by atoms with Crippen molar-refractivity contribution in [1.29, 1.82) is 0 Å². The van der Waals surface area contributed by atoms with Gasteiger partial charge >= 0.3 is 5.69 Å². The van der Waals surface area contributed by atoms with Crippen LogP contribution in [-0.4, -0.2) is 40.0 Å². The molecule has 1 N–H and O–H groups in total. The van der Waals surface area contributed by atoms with E-state index in [2.05, 4.69) is 10.2 Å². The summed E-state index contributed by atoms with van der Waals surface area (Å²) >= 11 is 1.25. The number of ketones is 1. The number of nitrogens with one attached hydrogen (secondary N) is 1. The third kappa shape index (κ3) is 4.89. The first-order valence-corrected chi connectivity index (χ1v) is 10.0. The second kappa shape index (κ2) is 9.47. The number of Topliss-reactive ketones (excluding diaryl/α,β-unsaturated/α-hetero) is 1. The number of nitrogens with zero attached hydrogens (tertiary/aromatic N) is 2. The highest BCUT2D eigenvalue weighted by Gasteiger charge is 2.21. The van der Waals surface area contributed by atoms with Gasteiger partial charge in [-0.3, -0.25) is 9.36 Å². The minimum Gasteiger partial charge on any atom is -0.493 e. The van der Waals surface area contributed by atoms with Gasteiger partial charge in [0, 0.05) is 12.1 Å². The molecule has 0 radical (unpaired) electrons. The molecule has 0 aliphatic heterocycles. The van der Waals surface area contributed by atoms with Gasteiger partial charge in [-0.25, -0.2) is 9.89 Å². The predicted octanol–water partition coefficient (Wildman–Crippen LogP) is 3.19. The van der Waals surface area contributed by atoms with Crippen molar-refractivity contribution in [3.63, 3.8) is 0 Å². The Hall–Kier alpha value is -3.00. The second-order valence-electron chi connectivity index (χ2n) is 6.39. The number of hydrogen-bond donors (Lipinski definition) is 1. The van der Waals surface area contributed by atoms with Crippen LogP contribution in [0.1, 0.15) is 22.8 Å². The molecule has 0 amide bonds. The number of methoxy groups -OCH3 is 2. The van der Waals surface area contributed by atoms with Crippen molar-refractivity contribution in [2.24, 2.45) is 0 Å². The van der Waals surface area contributed by atoms with E-state index in [0.717, 1.165) is 5.56 Å². The van der Waals surface area contributed by atoms with Crippen molar-refractivity contribution in [3.8, 4) is 11.5 Å². The molecule has 0 saturated heterocycles. The number of rotatable bonds is 9. The molecular formula is C21H23N3O4S. The Morgan fingerprint density at radius 3 is 2.55 bits per heavy atom. The van der Waals surface area contributed by atoms with Crippen molar-refractivity contribution in [1.82, 2.24) is 14.8 Å². The van der Waals surface area contributed by atoms with Crippen LogP contribution < -0.4 is 15.2 Å². The molecule has 1 atom stereocenters.